The third-order valence-corrected chi connectivity index (χ3v) is 4.87. The number of nitrogens with two attached hydrogens (primary N) is 1. The molecule has 2 rings (SSSR count). The smallest absolute Gasteiger partial charge is 0.255 e. The Balaban J connectivity index is 2.18. The molecule has 126 valence electrons. The number of sulfonamides is 1. The Bertz CT molecular complexity index is 719. The number of halogens is 1. The maximum atomic E-state index is 12.5. The predicted octanol–water partition coefficient (Wildman–Crippen LogP) is 0.402. The first-order chi connectivity index (χ1) is 10.9. The molecule has 0 bridgehead atoms. The second-order valence-electron chi connectivity index (χ2n) is 4.99. The molecule has 0 aliphatic carbocycles. The Morgan fingerprint density at radius 3 is 2.87 bits per heavy atom. The van der Waals surface area contributed by atoms with Gasteiger partial charge in [-0.1, -0.05) is 23.3 Å². The number of primary amides is 1. The third-order valence-electron chi connectivity index (χ3n) is 3.21. The molecule has 4 N–H and O–H groups in total. The molecular weight excluding hydrogens is 342 g/mol. The maximum absolute atomic E-state index is 12.5. The van der Waals surface area contributed by atoms with Crippen LogP contribution in [0, 0.1) is 0 Å². The number of rotatable bonds is 7. The minimum absolute atomic E-state index is 0.0278. The number of amides is 1. The molecule has 0 atom stereocenters. The summed E-state index contributed by atoms with van der Waals surface area (Å²) in [5.41, 5.74) is 6.03. The molecule has 0 saturated heterocycles. The van der Waals surface area contributed by atoms with E-state index in [9.17, 15) is 13.2 Å². The largest absolute Gasteiger partial charge is 0.482 e. The summed E-state index contributed by atoms with van der Waals surface area (Å²) in [4.78, 5) is 10.7. The average Bonchev–Trinajstić information content (AvgIpc) is 2.52. The van der Waals surface area contributed by atoms with E-state index in [2.05, 4.69) is 10.0 Å². The average molecular weight is 360 g/mol. The first-order valence-corrected chi connectivity index (χ1v) is 8.83. The van der Waals surface area contributed by atoms with Gasteiger partial charge in [-0.15, -0.1) is 0 Å². The summed E-state index contributed by atoms with van der Waals surface area (Å²) in [6, 6.07) is 4.15. The highest BCUT2D eigenvalue weighted by molar-refractivity contribution is 7.89. The molecule has 9 heteroatoms. The lowest BCUT2D eigenvalue weighted by Crippen LogP contribution is -2.30. The highest BCUT2D eigenvalue weighted by Crippen LogP contribution is 2.27. The topological polar surface area (TPSA) is 111 Å². The number of nitrogens with one attached hydrogen (secondary N) is 2. The van der Waals surface area contributed by atoms with Crippen LogP contribution in [0.15, 0.2) is 34.7 Å². The van der Waals surface area contributed by atoms with Crippen molar-refractivity contribution < 1.29 is 17.9 Å². The van der Waals surface area contributed by atoms with Crippen LogP contribution in [0.1, 0.15) is 6.42 Å². The van der Waals surface area contributed by atoms with Gasteiger partial charge < -0.3 is 15.8 Å². The maximum Gasteiger partial charge on any atom is 0.255 e. The zero-order chi connectivity index (χ0) is 16.9. The van der Waals surface area contributed by atoms with Gasteiger partial charge in [0.1, 0.15) is 10.6 Å². The van der Waals surface area contributed by atoms with E-state index in [-0.39, 0.29) is 22.2 Å². The van der Waals surface area contributed by atoms with E-state index in [0.717, 1.165) is 25.1 Å². The third kappa shape index (κ3) is 5.21. The van der Waals surface area contributed by atoms with Crippen LogP contribution in [-0.4, -0.2) is 40.6 Å². The highest BCUT2D eigenvalue weighted by atomic mass is 35.5. The Morgan fingerprint density at radius 1 is 1.43 bits per heavy atom. The van der Waals surface area contributed by atoms with Gasteiger partial charge in [-0.2, -0.15) is 0 Å². The molecule has 1 heterocycles. The molecule has 0 saturated carbocycles. The molecule has 0 radical (unpaired) electrons. The van der Waals surface area contributed by atoms with Crippen molar-refractivity contribution in [3.63, 3.8) is 0 Å². The van der Waals surface area contributed by atoms with Crippen molar-refractivity contribution in [1.29, 1.82) is 0 Å². The summed E-state index contributed by atoms with van der Waals surface area (Å²) < 4.78 is 32.6. The molecular formula is C14H18ClN3O4S. The van der Waals surface area contributed by atoms with Gasteiger partial charge in [0.25, 0.3) is 5.91 Å². The minimum atomic E-state index is -3.83. The van der Waals surface area contributed by atoms with Crippen molar-refractivity contribution in [3.05, 3.63) is 34.9 Å². The Kier molecular flexibility index (Phi) is 6.00. The summed E-state index contributed by atoms with van der Waals surface area (Å²) in [6.45, 7) is 1.34. The second-order valence-corrected chi connectivity index (χ2v) is 7.16. The number of carbonyl (C=O) groups excluding carboxylic acids is 1. The van der Waals surface area contributed by atoms with Crippen molar-refractivity contribution in [2.24, 2.45) is 5.73 Å². The van der Waals surface area contributed by atoms with Crippen LogP contribution in [0.4, 0.5) is 0 Å². The molecule has 0 aromatic heterocycles. The molecule has 1 amide bonds. The lowest BCUT2D eigenvalue weighted by Gasteiger charge is -2.16. The van der Waals surface area contributed by atoms with Gasteiger partial charge in [-0.05, 0) is 31.2 Å². The van der Waals surface area contributed by atoms with Crippen LogP contribution in [-0.2, 0) is 14.8 Å². The van der Waals surface area contributed by atoms with Crippen molar-refractivity contribution in [1.82, 2.24) is 10.0 Å². The molecule has 1 aromatic rings. The van der Waals surface area contributed by atoms with E-state index < -0.39 is 22.5 Å². The summed E-state index contributed by atoms with van der Waals surface area (Å²) in [7, 11) is -3.83. The summed E-state index contributed by atoms with van der Waals surface area (Å²) in [5.74, 6) is -0.670. The summed E-state index contributed by atoms with van der Waals surface area (Å²) in [5, 5.41) is 3.40. The number of benzene rings is 1. The van der Waals surface area contributed by atoms with E-state index in [1.54, 1.807) is 0 Å². The van der Waals surface area contributed by atoms with E-state index in [1.165, 1.54) is 18.2 Å². The molecule has 1 aromatic carbocycles. The van der Waals surface area contributed by atoms with Crippen molar-refractivity contribution >= 4 is 27.5 Å². The van der Waals surface area contributed by atoms with E-state index >= 15 is 0 Å². The fourth-order valence-electron chi connectivity index (χ4n) is 2.06. The van der Waals surface area contributed by atoms with Crippen molar-refractivity contribution in [2.45, 2.75) is 11.3 Å². The zero-order valence-electron chi connectivity index (χ0n) is 12.3. The number of carbonyl (C=O) groups is 1. The van der Waals surface area contributed by atoms with Gasteiger partial charge in [-0.25, -0.2) is 13.1 Å². The van der Waals surface area contributed by atoms with Crippen molar-refractivity contribution in [3.8, 4) is 5.75 Å². The van der Waals surface area contributed by atoms with Gasteiger partial charge in [-0.3, -0.25) is 4.79 Å². The monoisotopic (exact) mass is 359 g/mol. The van der Waals surface area contributed by atoms with Gasteiger partial charge in [0.15, 0.2) is 6.61 Å². The normalized spacial score (nSPS) is 15.1. The standard InChI is InChI=1S/C14H18ClN3O4S/c15-11-1-2-12(22-9-14(16)19)13(7-11)23(20,21)18-8-10-3-5-17-6-4-10/h1-3,7,17-18H,4-6,8-9H2,(H2,16,19). The van der Waals surface area contributed by atoms with E-state index in [4.69, 9.17) is 22.1 Å². The SMILES string of the molecule is NC(=O)COc1ccc(Cl)cc1S(=O)(=O)NCC1=CCNCC1. The molecule has 7 nitrogen and oxygen atoms in total. The van der Waals surface area contributed by atoms with Crippen LogP contribution in [0.3, 0.4) is 0 Å². The summed E-state index contributed by atoms with van der Waals surface area (Å²) >= 11 is 5.88. The van der Waals surface area contributed by atoms with Gasteiger partial charge in [0.05, 0.1) is 0 Å². The predicted molar refractivity (Wildman–Crippen MR) is 86.9 cm³/mol. The Morgan fingerprint density at radius 2 is 2.22 bits per heavy atom. The molecule has 0 spiro atoms. The Labute approximate surface area is 139 Å². The van der Waals surface area contributed by atoms with E-state index in [0.29, 0.717) is 0 Å². The van der Waals surface area contributed by atoms with Crippen molar-refractivity contribution in [2.75, 3.05) is 26.2 Å². The second kappa shape index (κ2) is 7.78. The molecule has 1 aliphatic rings. The van der Waals surface area contributed by atoms with E-state index in [1.807, 2.05) is 6.08 Å². The number of hydrogen-bond acceptors (Lipinski definition) is 5. The first kappa shape index (κ1) is 17.7. The number of hydrogen-bond donors (Lipinski definition) is 3. The van der Waals surface area contributed by atoms with Gasteiger partial charge in [0, 0.05) is 18.1 Å². The summed E-state index contributed by atoms with van der Waals surface area (Å²) in [6.07, 6.45) is 2.73. The zero-order valence-corrected chi connectivity index (χ0v) is 13.9. The molecule has 23 heavy (non-hydrogen) atoms. The highest BCUT2D eigenvalue weighted by Gasteiger charge is 2.21. The van der Waals surface area contributed by atoms with Gasteiger partial charge in [0.2, 0.25) is 10.0 Å². The fourth-order valence-corrected chi connectivity index (χ4v) is 3.50. The fraction of sp³-hybridized carbons (Fsp3) is 0.357. The molecule has 0 fully saturated rings. The minimum Gasteiger partial charge on any atom is -0.482 e. The van der Waals surface area contributed by atoms with Crippen LogP contribution in [0.25, 0.3) is 0 Å². The lowest BCUT2D eigenvalue weighted by atomic mass is 10.1. The molecule has 1 aliphatic heterocycles. The quantitative estimate of drug-likeness (QED) is 0.610. The van der Waals surface area contributed by atoms with Crippen LogP contribution in [0.5, 0.6) is 5.75 Å². The van der Waals surface area contributed by atoms with Crippen LogP contribution >= 0.6 is 11.6 Å². The number of ether oxygens (including phenoxy) is 1. The first-order valence-electron chi connectivity index (χ1n) is 6.97. The lowest BCUT2D eigenvalue weighted by molar-refractivity contribution is -0.120. The Hall–Kier alpha value is -1.61. The van der Waals surface area contributed by atoms with Crippen LogP contribution in [0.2, 0.25) is 5.02 Å². The van der Waals surface area contributed by atoms with Gasteiger partial charge >= 0.3 is 0 Å². The molecule has 0 unspecified atom stereocenters. The van der Waals surface area contributed by atoms with Crippen LogP contribution < -0.4 is 20.5 Å².